The number of para-hydroxylation sites is 2. The SMILES string of the molecule is O=C(Nc1c[nH]n(-c2ccccc2)c1=O)C(=O)Nc1c[nH]n(-c2ccccc2)c1=O. The smallest absolute Gasteiger partial charge is 0.312 e. The molecule has 0 saturated heterocycles. The van der Waals surface area contributed by atoms with Crippen LogP contribution >= 0.6 is 0 Å². The Bertz CT molecular complexity index is 1210. The van der Waals surface area contributed by atoms with E-state index in [1.165, 1.54) is 21.8 Å². The van der Waals surface area contributed by atoms with Gasteiger partial charge in [-0.25, -0.2) is 9.36 Å². The van der Waals surface area contributed by atoms with Crippen LogP contribution in [0.1, 0.15) is 0 Å². The largest absolute Gasteiger partial charge is 0.314 e. The van der Waals surface area contributed by atoms with Crippen LogP contribution in [0.5, 0.6) is 0 Å². The zero-order valence-electron chi connectivity index (χ0n) is 15.5. The Morgan fingerprint density at radius 3 is 1.37 bits per heavy atom. The highest BCUT2D eigenvalue weighted by atomic mass is 16.2. The second kappa shape index (κ2) is 7.80. The first-order valence-electron chi connectivity index (χ1n) is 8.88. The minimum Gasteiger partial charge on any atom is -0.312 e. The zero-order chi connectivity index (χ0) is 21.1. The lowest BCUT2D eigenvalue weighted by molar-refractivity contribution is -0.133. The number of aromatic nitrogens is 4. The summed E-state index contributed by atoms with van der Waals surface area (Å²) in [6.07, 6.45) is 2.55. The highest BCUT2D eigenvalue weighted by Gasteiger charge is 2.19. The molecule has 10 nitrogen and oxygen atoms in total. The molecule has 2 aromatic carbocycles. The molecule has 0 fully saturated rings. The lowest BCUT2D eigenvalue weighted by Gasteiger charge is -2.02. The van der Waals surface area contributed by atoms with Crippen molar-refractivity contribution in [2.45, 2.75) is 0 Å². The Morgan fingerprint density at radius 2 is 1.00 bits per heavy atom. The van der Waals surface area contributed by atoms with Crippen LogP contribution in [0.2, 0.25) is 0 Å². The quantitative estimate of drug-likeness (QED) is 0.381. The van der Waals surface area contributed by atoms with Crippen molar-refractivity contribution in [1.82, 2.24) is 19.6 Å². The average molecular weight is 404 g/mol. The minimum atomic E-state index is -1.09. The number of benzene rings is 2. The van der Waals surface area contributed by atoms with Crippen molar-refractivity contribution >= 4 is 23.2 Å². The summed E-state index contributed by atoms with van der Waals surface area (Å²) >= 11 is 0. The van der Waals surface area contributed by atoms with Gasteiger partial charge in [-0.15, -0.1) is 0 Å². The van der Waals surface area contributed by atoms with Crippen LogP contribution in [-0.2, 0) is 9.59 Å². The van der Waals surface area contributed by atoms with Crippen LogP contribution in [0.4, 0.5) is 11.4 Å². The third-order valence-electron chi connectivity index (χ3n) is 4.27. The predicted octanol–water partition coefficient (Wildman–Crippen LogP) is 1.22. The van der Waals surface area contributed by atoms with Gasteiger partial charge in [0.15, 0.2) is 0 Å². The highest BCUT2D eigenvalue weighted by Crippen LogP contribution is 2.07. The maximum atomic E-state index is 12.4. The van der Waals surface area contributed by atoms with Gasteiger partial charge in [0, 0.05) is 12.4 Å². The van der Waals surface area contributed by atoms with Crippen molar-refractivity contribution < 1.29 is 9.59 Å². The molecule has 10 heteroatoms. The van der Waals surface area contributed by atoms with Gasteiger partial charge in [0.05, 0.1) is 11.4 Å². The topological polar surface area (TPSA) is 134 Å². The van der Waals surface area contributed by atoms with Crippen molar-refractivity contribution in [3.8, 4) is 11.4 Å². The van der Waals surface area contributed by atoms with E-state index in [9.17, 15) is 19.2 Å². The first-order valence-corrected chi connectivity index (χ1v) is 8.88. The van der Waals surface area contributed by atoms with Gasteiger partial charge in [0.2, 0.25) is 0 Å². The summed E-state index contributed by atoms with van der Waals surface area (Å²) in [5.74, 6) is -2.17. The number of hydrogen-bond acceptors (Lipinski definition) is 4. The second-order valence-corrected chi connectivity index (χ2v) is 6.23. The molecular weight excluding hydrogens is 388 g/mol. The number of carbonyl (C=O) groups is 2. The van der Waals surface area contributed by atoms with Crippen LogP contribution in [0.3, 0.4) is 0 Å². The average Bonchev–Trinajstić information content (AvgIpc) is 3.32. The summed E-state index contributed by atoms with van der Waals surface area (Å²) in [4.78, 5) is 49.3. The molecule has 4 aromatic rings. The Hall–Kier alpha value is -4.60. The molecule has 0 aliphatic heterocycles. The molecule has 0 radical (unpaired) electrons. The van der Waals surface area contributed by atoms with Crippen molar-refractivity contribution in [1.29, 1.82) is 0 Å². The van der Waals surface area contributed by atoms with E-state index in [1.54, 1.807) is 60.7 Å². The summed E-state index contributed by atoms with van der Waals surface area (Å²) in [5.41, 5.74) is -0.127. The second-order valence-electron chi connectivity index (χ2n) is 6.23. The Labute approximate surface area is 168 Å². The van der Waals surface area contributed by atoms with Crippen LogP contribution in [-0.4, -0.2) is 31.4 Å². The molecular formula is C20H16N6O4. The normalized spacial score (nSPS) is 10.5. The first kappa shape index (κ1) is 18.7. The fourth-order valence-corrected chi connectivity index (χ4v) is 2.81. The molecule has 0 saturated carbocycles. The molecule has 4 rings (SSSR count). The molecule has 0 unspecified atom stereocenters. The molecule has 0 aliphatic carbocycles. The number of aromatic amines is 2. The van der Waals surface area contributed by atoms with Crippen LogP contribution < -0.4 is 21.8 Å². The monoisotopic (exact) mass is 404 g/mol. The van der Waals surface area contributed by atoms with Crippen LogP contribution in [0.25, 0.3) is 11.4 Å². The number of carbonyl (C=O) groups excluding carboxylic acids is 2. The predicted molar refractivity (Wildman–Crippen MR) is 110 cm³/mol. The Kier molecular flexibility index (Phi) is 4.87. The first-order chi connectivity index (χ1) is 14.5. The van der Waals surface area contributed by atoms with Gasteiger partial charge in [-0.05, 0) is 24.3 Å². The minimum absolute atomic E-state index is 0.102. The molecule has 150 valence electrons. The standard InChI is InChI=1S/C20H16N6O4/c27-17(23-15-11-21-25(19(15)29)13-7-3-1-4-8-13)18(28)24-16-12-22-26(20(16)30)14-9-5-2-6-10-14/h1-12,21-22H,(H,23,27)(H,24,28). The lowest BCUT2D eigenvalue weighted by Crippen LogP contribution is -2.32. The maximum absolute atomic E-state index is 12.4. The number of H-pyrrole nitrogens is 2. The van der Waals surface area contributed by atoms with Gasteiger partial charge in [0.25, 0.3) is 11.1 Å². The van der Waals surface area contributed by atoms with Crippen molar-refractivity contribution in [3.63, 3.8) is 0 Å². The molecule has 30 heavy (non-hydrogen) atoms. The van der Waals surface area contributed by atoms with Crippen molar-refractivity contribution in [2.75, 3.05) is 10.6 Å². The summed E-state index contributed by atoms with van der Waals surface area (Å²) < 4.78 is 2.44. The van der Waals surface area contributed by atoms with Gasteiger partial charge in [-0.2, -0.15) is 0 Å². The number of amides is 2. The Morgan fingerprint density at radius 1 is 0.633 bits per heavy atom. The number of rotatable bonds is 4. The lowest BCUT2D eigenvalue weighted by atomic mass is 10.3. The van der Waals surface area contributed by atoms with E-state index in [1.807, 2.05) is 0 Å². The molecule has 0 atom stereocenters. The molecule has 0 spiro atoms. The highest BCUT2D eigenvalue weighted by molar-refractivity contribution is 6.43. The van der Waals surface area contributed by atoms with Crippen molar-refractivity contribution in [2.24, 2.45) is 0 Å². The summed E-state index contributed by atoms with van der Waals surface area (Å²) in [6, 6.07) is 17.5. The molecule has 2 amide bonds. The van der Waals surface area contributed by atoms with E-state index in [0.29, 0.717) is 11.4 Å². The van der Waals surface area contributed by atoms with Crippen LogP contribution in [0.15, 0.2) is 82.6 Å². The fraction of sp³-hybridized carbons (Fsp3) is 0. The molecule has 4 N–H and O–H groups in total. The molecule has 2 aromatic heterocycles. The Balaban J connectivity index is 1.48. The number of nitrogens with zero attached hydrogens (tertiary/aromatic N) is 2. The van der Waals surface area contributed by atoms with E-state index < -0.39 is 22.9 Å². The summed E-state index contributed by atoms with van der Waals surface area (Å²) in [7, 11) is 0. The zero-order valence-corrected chi connectivity index (χ0v) is 15.5. The van der Waals surface area contributed by atoms with Crippen molar-refractivity contribution in [3.05, 3.63) is 93.8 Å². The molecule has 0 bridgehead atoms. The van der Waals surface area contributed by atoms with Crippen LogP contribution in [0, 0.1) is 0 Å². The summed E-state index contributed by atoms with van der Waals surface area (Å²) in [5, 5.41) is 9.92. The van der Waals surface area contributed by atoms with E-state index in [2.05, 4.69) is 20.8 Å². The third kappa shape index (κ3) is 3.56. The van der Waals surface area contributed by atoms with Gasteiger partial charge in [-0.3, -0.25) is 29.4 Å². The van der Waals surface area contributed by atoms with Gasteiger partial charge < -0.3 is 10.6 Å². The summed E-state index contributed by atoms with van der Waals surface area (Å²) in [6.45, 7) is 0. The van der Waals surface area contributed by atoms with E-state index in [0.717, 1.165) is 0 Å². The van der Waals surface area contributed by atoms with Gasteiger partial charge in [0.1, 0.15) is 11.4 Å². The molecule has 0 aliphatic rings. The number of nitrogens with one attached hydrogen (secondary N) is 4. The number of hydrogen-bond donors (Lipinski definition) is 4. The van der Waals surface area contributed by atoms with E-state index in [4.69, 9.17) is 0 Å². The van der Waals surface area contributed by atoms with E-state index >= 15 is 0 Å². The number of anilines is 2. The van der Waals surface area contributed by atoms with E-state index in [-0.39, 0.29) is 11.4 Å². The molecule has 2 heterocycles. The van der Waals surface area contributed by atoms with Gasteiger partial charge >= 0.3 is 11.8 Å². The fourth-order valence-electron chi connectivity index (χ4n) is 2.81. The third-order valence-corrected chi connectivity index (χ3v) is 4.27. The maximum Gasteiger partial charge on any atom is 0.314 e. The van der Waals surface area contributed by atoms with Gasteiger partial charge in [-0.1, -0.05) is 36.4 Å².